The second kappa shape index (κ2) is 3.00. The van der Waals surface area contributed by atoms with E-state index in [2.05, 4.69) is 24.4 Å². The minimum atomic E-state index is -0.00310. The molecule has 1 N–H and O–H groups in total. The Hall–Kier alpha value is -1.51. The van der Waals surface area contributed by atoms with E-state index in [0.29, 0.717) is 6.42 Å². The van der Waals surface area contributed by atoms with Crippen molar-refractivity contribution in [2.45, 2.75) is 31.2 Å². The number of hydrogen-bond acceptors (Lipinski definition) is 2. The molecule has 1 heterocycles. The zero-order valence-electron chi connectivity index (χ0n) is 9.54. The average molecular weight is 217 g/mol. The molecule has 2 bridgehead atoms. The van der Waals surface area contributed by atoms with Gasteiger partial charge in [-0.3, -0.25) is 4.79 Å². The number of piperidine rings is 1. The minimum absolute atomic E-state index is 0.00310. The van der Waals surface area contributed by atoms with Crippen molar-refractivity contribution in [3.8, 4) is 5.75 Å². The highest BCUT2D eigenvalue weighted by Crippen LogP contribution is 2.50. The van der Waals surface area contributed by atoms with Crippen molar-refractivity contribution < 1.29 is 9.53 Å². The van der Waals surface area contributed by atoms with Crippen LogP contribution in [0.4, 0.5) is 0 Å². The van der Waals surface area contributed by atoms with Crippen molar-refractivity contribution in [1.29, 1.82) is 0 Å². The van der Waals surface area contributed by atoms with E-state index < -0.39 is 0 Å². The Morgan fingerprint density at radius 1 is 1.50 bits per heavy atom. The fraction of sp³-hybridized carbons (Fsp3) is 0.462. The summed E-state index contributed by atoms with van der Waals surface area (Å²) in [7, 11) is 1.68. The first kappa shape index (κ1) is 9.70. The molecule has 0 radical (unpaired) electrons. The molecule has 1 aromatic rings. The largest absolute Gasteiger partial charge is 0.497 e. The molecule has 0 saturated carbocycles. The summed E-state index contributed by atoms with van der Waals surface area (Å²) >= 11 is 0. The van der Waals surface area contributed by atoms with Crippen molar-refractivity contribution in [3.63, 3.8) is 0 Å². The van der Waals surface area contributed by atoms with Gasteiger partial charge in [0, 0.05) is 11.8 Å². The monoisotopic (exact) mass is 217 g/mol. The maximum atomic E-state index is 11.6. The fourth-order valence-electron chi connectivity index (χ4n) is 3.06. The molecule has 0 aromatic heterocycles. The van der Waals surface area contributed by atoms with Crippen LogP contribution in [0.2, 0.25) is 0 Å². The number of benzene rings is 1. The Morgan fingerprint density at radius 2 is 2.31 bits per heavy atom. The number of methoxy groups -OCH3 is 1. The van der Waals surface area contributed by atoms with Crippen LogP contribution < -0.4 is 10.1 Å². The van der Waals surface area contributed by atoms with Crippen molar-refractivity contribution in [2.75, 3.05) is 7.11 Å². The highest BCUT2D eigenvalue weighted by Gasteiger charge is 2.46. The zero-order valence-corrected chi connectivity index (χ0v) is 9.54. The molecule has 1 saturated heterocycles. The number of hydrogen-bond donors (Lipinski definition) is 1. The number of rotatable bonds is 1. The second-order valence-electron chi connectivity index (χ2n) is 5.01. The maximum absolute atomic E-state index is 11.6. The highest BCUT2D eigenvalue weighted by molar-refractivity contribution is 5.81. The summed E-state index contributed by atoms with van der Waals surface area (Å²) in [4.78, 5) is 11.6. The molecule has 1 aromatic carbocycles. The van der Waals surface area contributed by atoms with Gasteiger partial charge in [-0.25, -0.2) is 0 Å². The predicted molar refractivity (Wildman–Crippen MR) is 60.5 cm³/mol. The molecule has 3 rings (SSSR count). The van der Waals surface area contributed by atoms with E-state index in [0.717, 1.165) is 12.2 Å². The molecule has 2 aliphatic rings. The van der Waals surface area contributed by atoms with Crippen molar-refractivity contribution in [1.82, 2.24) is 5.32 Å². The van der Waals surface area contributed by atoms with Gasteiger partial charge in [0.1, 0.15) is 5.75 Å². The van der Waals surface area contributed by atoms with Gasteiger partial charge in [0.05, 0.1) is 13.2 Å². The van der Waals surface area contributed by atoms with E-state index in [9.17, 15) is 4.79 Å². The molecule has 1 aliphatic carbocycles. The fourth-order valence-corrected chi connectivity index (χ4v) is 3.06. The molecule has 1 fully saturated rings. The molecular weight excluding hydrogens is 202 g/mol. The molecular formula is C13H15NO2. The smallest absolute Gasteiger partial charge is 0.221 e. The minimum Gasteiger partial charge on any atom is -0.497 e. The normalized spacial score (nSPS) is 30.9. The zero-order chi connectivity index (χ0) is 11.3. The molecule has 84 valence electrons. The third-order valence-corrected chi connectivity index (χ3v) is 3.83. The van der Waals surface area contributed by atoms with E-state index in [1.807, 2.05) is 6.07 Å². The van der Waals surface area contributed by atoms with E-state index in [-0.39, 0.29) is 17.4 Å². The summed E-state index contributed by atoms with van der Waals surface area (Å²) in [6.07, 6.45) is 1.60. The van der Waals surface area contributed by atoms with Crippen LogP contribution in [0.25, 0.3) is 0 Å². The van der Waals surface area contributed by atoms with Crippen LogP contribution in [0.3, 0.4) is 0 Å². The van der Waals surface area contributed by atoms with Crippen LogP contribution in [0.15, 0.2) is 18.2 Å². The van der Waals surface area contributed by atoms with Gasteiger partial charge in [0.25, 0.3) is 0 Å². The molecule has 3 heteroatoms. The molecule has 16 heavy (non-hydrogen) atoms. The third kappa shape index (κ3) is 1.17. The standard InChI is InChI=1S/C13H15NO2/c1-13-6-11(14-12(15)7-13)9-4-3-8(16-2)5-10(9)13/h3-5,11H,6-7H2,1-2H3,(H,14,15). The Labute approximate surface area is 94.8 Å². The number of ether oxygens (including phenoxy) is 1. The highest BCUT2D eigenvalue weighted by atomic mass is 16.5. The first-order chi connectivity index (χ1) is 7.62. The van der Waals surface area contributed by atoms with Gasteiger partial charge in [0.15, 0.2) is 0 Å². The summed E-state index contributed by atoms with van der Waals surface area (Å²) in [5, 5.41) is 3.05. The lowest BCUT2D eigenvalue weighted by atomic mass is 9.79. The Balaban J connectivity index is 2.15. The van der Waals surface area contributed by atoms with Gasteiger partial charge in [-0.05, 0) is 29.7 Å². The molecule has 2 unspecified atom stereocenters. The Morgan fingerprint density at radius 3 is 3.06 bits per heavy atom. The Bertz CT molecular complexity index is 469. The van der Waals surface area contributed by atoms with Gasteiger partial charge >= 0.3 is 0 Å². The first-order valence-electron chi connectivity index (χ1n) is 5.60. The van der Waals surface area contributed by atoms with Crippen molar-refractivity contribution in [2.24, 2.45) is 0 Å². The number of carbonyl (C=O) groups is 1. The van der Waals surface area contributed by atoms with Crippen molar-refractivity contribution in [3.05, 3.63) is 29.3 Å². The topological polar surface area (TPSA) is 38.3 Å². The predicted octanol–water partition coefficient (Wildman–Crippen LogP) is 1.92. The average Bonchev–Trinajstić information content (AvgIpc) is 2.46. The van der Waals surface area contributed by atoms with Gasteiger partial charge in [-0.15, -0.1) is 0 Å². The van der Waals surface area contributed by atoms with Crippen LogP contribution in [0, 0.1) is 0 Å². The van der Waals surface area contributed by atoms with Crippen LogP contribution in [-0.4, -0.2) is 13.0 Å². The van der Waals surface area contributed by atoms with Gasteiger partial charge in [-0.1, -0.05) is 13.0 Å². The summed E-state index contributed by atoms with van der Waals surface area (Å²) in [6, 6.07) is 6.33. The van der Waals surface area contributed by atoms with Crippen LogP contribution in [-0.2, 0) is 10.2 Å². The summed E-state index contributed by atoms with van der Waals surface area (Å²) in [6.45, 7) is 2.17. The summed E-state index contributed by atoms with van der Waals surface area (Å²) in [5.41, 5.74) is 2.53. The van der Waals surface area contributed by atoms with Gasteiger partial charge in [0.2, 0.25) is 5.91 Å². The van der Waals surface area contributed by atoms with E-state index >= 15 is 0 Å². The van der Waals surface area contributed by atoms with Gasteiger partial charge in [-0.2, -0.15) is 0 Å². The number of nitrogens with one attached hydrogen (secondary N) is 1. The number of fused-ring (bicyclic) bond motifs is 5. The maximum Gasteiger partial charge on any atom is 0.221 e. The van der Waals surface area contributed by atoms with E-state index in [1.165, 1.54) is 11.1 Å². The molecule has 0 spiro atoms. The molecule has 1 amide bonds. The summed E-state index contributed by atoms with van der Waals surface area (Å²) in [5.74, 6) is 1.04. The van der Waals surface area contributed by atoms with Gasteiger partial charge < -0.3 is 10.1 Å². The quantitative estimate of drug-likeness (QED) is 0.780. The second-order valence-corrected chi connectivity index (χ2v) is 5.01. The molecule has 1 aliphatic heterocycles. The van der Waals surface area contributed by atoms with Crippen molar-refractivity contribution >= 4 is 5.91 Å². The molecule has 2 atom stereocenters. The van der Waals surface area contributed by atoms with Crippen LogP contribution >= 0.6 is 0 Å². The van der Waals surface area contributed by atoms with E-state index in [4.69, 9.17) is 4.74 Å². The molecule has 3 nitrogen and oxygen atoms in total. The van der Waals surface area contributed by atoms with E-state index in [1.54, 1.807) is 7.11 Å². The third-order valence-electron chi connectivity index (χ3n) is 3.83. The lowest BCUT2D eigenvalue weighted by molar-refractivity contribution is -0.124. The number of carbonyl (C=O) groups excluding carboxylic acids is 1. The first-order valence-corrected chi connectivity index (χ1v) is 5.60. The Kier molecular flexibility index (Phi) is 1.82. The van der Waals surface area contributed by atoms with Crippen LogP contribution in [0.5, 0.6) is 5.75 Å². The summed E-state index contributed by atoms with van der Waals surface area (Å²) < 4.78 is 5.25. The lowest BCUT2D eigenvalue weighted by Gasteiger charge is -2.29. The SMILES string of the molecule is COc1ccc2c(c1)C1(C)CC(=O)NC2C1. The lowest BCUT2D eigenvalue weighted by Crippen LogP contribution is -2.38. The van der Waals surface area contributed by atoms with Crippen LogP contribution in [0.1, 0.15) is 36.9 Å². The number of amides is 1.